The van der Waals surface area contributed by atoms with Crippen LogP contribution in [-0.2, 0) is 6.18 Å². The molecule has 94 valence electrons. The van der Waals surface area contributed by atoms with E-state index >= 15 is 0 Å². The van der Waals surface area contributed by atoms with Gasteiger partial charge in [0, 0.05) is 4.47 Å². The number of alkyl halides is 3. The molecule has 3 nitrogen and oxygen atoms in total. The first kappa shape index (κ1) is 12.8. The molecule has 0 unspecified atom stereocenters. The Balaban J connectivity index is 2.63. The zero-order valence-electron chi connectivity index (χ0n) is 8.78. The molecule has 0 saturated carbocycles. The summed E-state index contributed by atoms with van der Waals surface area (Å²) in [6, 6.07) is 6.94. The summed E-state index contributed by atoms with van der Waals surface area (Å²) >= 11 is 3.17. The number of rotatable bonds is 2. The topological polar surface area (TPSA) is 34.9 Å². The normalized spacial score (nSPS) is 11.6. The number of hydrogen-bond donors (Lipinski definition) is 0. The molecule has 2 rings (SSSR count). The van der Waals surface area contributed by atoms with E-state index in [4.69, 9.17) is 0 Å². The average Bonchev–Trinajstić information content (AvgIpc) is 2.72. The van der Waals surface area contributed by atoms with Crippen LogP contribution in [0.25, 0.3) is 5.69 Å². The van der Waals surface area contributed by atoms with E-state index in [-0.39, 0.29) is 17.7 Å². The molecular weight excluding hydrogens is 313 g/mol. The van der Waals surface area contributed by atoms with E-state index in [2.05, 4.69) is 21.0 Å². The lowest BCUT2D eigenvalue weighted by molar-refractivity contribution is -0.142. The van der Waals surface area contributed by atoms with Crippen molar-refractivity contribution in [3.05, 3.63) is 46.2 Å². The molecule has 0 radical (unpaired) electrons. The molecule has 0 saturated heterocycles. The van der Waals surface area contributed by atoms with Gasteiger partial charge >= 0.3 is 6.18 Å². The first-order valence-electron chi connectivity index (χ1n) is 4.80. The van der Waals surface area contributed by atoms with Gasteiger partial charge in [0.25, 0.3) is 0 Å². The second-order valence-corrected chi connectivity index (χ2v) is 4.38. The van der Waals surface area contributed by atoms with Crippen molar-refractivity contribution in [2.24, 2.45) is 0 Å². The van der Waals surface area contributed by atoms with Crippen LogP contribution in [0.15, 0.2) is 34.8 Å². The molecule has 0 aliphatic rings. The summed E-state index contributed by atoms with van der Waals surface area (Å²) in [7, 11) is 0. The molecule has 0 fully saturated rings. The second-order valence-electron chi connectivity index (χ2n) is 3.46. The molecule has 0 spiro atoms. The van der Waals surface area contributed by atoms with E-state index < -0.39 is 11.9 Å². The summed E-state index contributed by atoms with van der Waals surface area (Å²) in [5.74, 6) is 0. The largest absolute Gasteiger partial charge is 0.433 e. The van der Waals surface area contributed by atoms with Gasteiger partial charge in [-0.3, -0.25) is 4.79 Å². The quantitative estimate of drug-likeness (QED) is 0.795. The summed E-state index contributed by atoms with van der Waals surface area (Å²) in [6.45, 7) is 0. The molecule has 1 heterocycles. The van der Waals surface area contributed by atoms with Crippen LogP contribution in [0.1, 0.15) is 16.2 Å². The van der Waals surface area contributed by atoms with Crippen LogP contribution in [0.3, 0.4) is 0 Å². The molecule has 0 bridgehead atoms. The van der Waals surface area contributed by atoms with Crippen molar-refractivity contribution < 1.29 is 18.0 Å². The van der Waals surface area contributed by atoms with Gasteiger partial charge in [-0.2, -0.15) is 18.3 Å². The second kappa shape index (κ2) is 4.56. The molecule has 0 aliphatic carbocycles. The summed E-state index contributed by atoms with van der Waals surface area (Å²) in [5.41, 5.74) is -1.02. The third-order valence-electron chi connectivity index (χ3n) is 2.19. The van der Waals surface area contributed by atoms with Crippen molar-refractivity contribution in [2.45, 2.75) is 6.18 Å². The van der Waals surface area contributed by atoms with Crippen LogP contribution in [0.4, 0.5) is 13.2 Å². The monoisotopic (exact) mass is 318 g/mol. The third kappa shape index (κ3) is 2.45. The SMILES string of the molecule is O=Cc1cc(C(F)(F)F)n(-c2cccc(Br)c2)n1. The van der Waals surface area contributed by atoms with Crippen LogP contribution < -0.4 is 0 Å². The van der Waals surface area contributed by atoms with Gasteiger partial charge < -0.3 is 0 Å². The van der Waals surface area contributed by atoms with Crippen molar-refractivity contribution in [1.29, 1.82) is 0 Å². The van der Waals surface area contributed by atoms with Crippen LogP contribution in [-0.4, -0.2) is 16.1 Å². The minimum absolute atomic E-state index is 0.227. The molecule has 18 heavy (non-hydrogen) atoms. The number of carbonyl (C=O) groups is 1. The highest BCUT2D eigenvalue weighted by Gasteiger charge is 2.36. The van der Waals surface area contributed by atoms with E-state index in [9.17, 15) is 18.0 Å². The number of nitrogens with zero attached hydrogens (tertiary/aromatic N) is 2. The number of benzene rings is 1. The van der Waals surface area contributed by atoms with E-state index in [1.165, 1.54) is 12.1 Å². The first-order chi connectivity index (χ1) is 8.41. The van der Waals surface area contributed by atoms with Crippen molar-refractivity contribution >= 4 is 22.2 Å². The molecule has 0 atom stereocenters. The lowest BCUT2D eigenvalue weighted by Crippen LogP contribution is -2.13. The molecule has 7 heteroatoms. The number of hydrogen-bond acceptors (Lipinski definition) is 2. The van der Waals surface area contributed by atoms with E-state index in [0.717, 1.165) is 0 Å². The maximum Gasteiger partial charge on any atom is 0.433 e. The van der Waals surface area contributed by atoms with E-state index in [1.54, 1.807) is 12.1 Å². The molecule has 1 aromatic heterocycles. The highest BCUT2D eigenvalue weighted by Crippen LogP contribution is 2.31. The average molecular weight is 319 g/mol. The van der Waals surface area contributed by atoms with Gasteiger partial charge in [-0.25, -0.2) is 4.68 Å². The highest BCUT2D eigenvalue weighted by atomic mass is 79.9. The molecule has 0 N–H and O–H groups in total. The minimum Gasteiger partial charge on any atom is -0.296 e. The summed E-state index contributed by atoms with van der Waals surface area (Å²) in [4.78, 5) is 10.5. The fourth-order valence-corrected chi connectivity index (χ4v) is 1.85. The fraction of sp³-hybridized carbons (Fsp3) is 0.0909. The molecule has 0 amide bonds. The van der Waals surface area contributed by atoms with Crippen molar-refractivity contribution in [3.63, 3.8) is 0 Å². The Hall–Kier alpha value is -1.63. The van der Waals surface area contributed by atoms with E-state index in [0.29, 0.717) is 15.2 Å². The van der Waals surface area contributed by atoms with Gasteiger partial charge in [0.15, 0.2) is 6.29 Å². The number of carbonyl (C=O) groups excluding carboxylic acids is 1. The molecule has 0 aliphatic heterocycles. The predicted octanol–water partition coefficient (Wildman–Crippen LogP) is 3.47. The summed E-state index contributed by atoms with van der Waals surface area (Å²) in [6.07, 6.45) is -4.29. The van der Waals surface area contributed by atoms with E-state index in [1.807, 2.05) is 0 Å². The maximum absolute atomic E-state index is 12.8. The Bertz CT molecular complexity index is 592. The third-order valence-corrected chi connectivity index (χ3v) is 2.69. The minimum atomic E-state index is -4.57. The Morgan fingerprint density at radius 2 is 2.00 bits per heavy atom. The van der Waals surface area contributed by atoms with Gasteiger partial charge in [-0.05, 0) is 24.3 Å². The van der Waals surface area contributed by atoms with Gasteiger partial charge in [0.05, 0.1) is 5.69 Å². The van der Waals surface area contributed by atoms with Crippen LogP contribution in [0.2, 0.25) is 0 Å². The van der Waals surface area contributed by atoms with Gasteiger partial charge in [0.1, 0.15) is 11.4 Å². The summed E-state index contributed by atoms with van der Waals surface area (Å²) in [5, 5.41) is 3.61. The lowest BCUT2D eigenvalue weighted by Gasteiger charge is -2.10. The summed E-state index contributed by atoms with van der Waals surface area (Å²) < 4.78 is 39.7. The Kier molecular flexibility index (Phi) is 3.25. The van der Waals surface area contributed by atoms with Crippen molar-refractivity contribution in [1.82, 2.24) is 9.78 Å². The Morgan fingerprint density at radius 1 is 1.28 bits per heavy atom. The first-order valence-corrected chi connectivity index (χ1v) is 5.59. The lowest BCUT2D eigenvalue weighted by atomic mass is 10.3. The molecular formula is C11H6BrF3N2O. The fourth-order valence-electron chi connectivity index (χ4n) is 1.46. The van der Waals surface area contributed by atoms with Crippen LogP contribution in [0.5, 0.6) is 0 Å². The molecule has 1 aromatic carbocycles. The molecule has 2 aromatic rings. The number of aromatic nitrogens is 2. The van der Waals surface area contributed by atoms with Crippen LogP contribution >= 0.6 is 15.9 Å². The smallest absolute Gasteiger partial charge is 0.296 e. The van der Waals surface area contributed by atoms with Gasteiger partial charge in [0.2, 0.25) is 0 Å². The van der Waals surface area contributed by atoms with Gasteiger partial charge in [-0.1, -0.05) is 22.0 Å². The maximum atomic E-state index is 12.8. The predicted molar refractivity (Wildman–Crippen MR) is 61.7 cm³/mol. The highest BCUT2D eigenvalue weighted by molar-refractivity contribution is 9.10. The Labute approximate surface area is 108 Å². The van der Waals surface area contributed by atoms with Crippen molar-refractivity contribution in [3.8, 4) is 5.69 Å². The standard InChI is InChI=1S/C11H6BrF3N2O/c12-7-2-1-3-9(4-7)17-10(11(13,14)15)5-8(6-18)16-17/h1-6H. The number of halogens is 4. The van der Waals surface area contributed by atoms with Gasteiger partial charge in [-0.15, -0.1) is 0 Å². The Morgan fingerprint density at radius 3 is 2.56 bits per heavy atom. The van der Waals surface area contributed by atoms with Crippen LogP contribution in [0, 0.1) is 0 Å². The zero-order chi connectivity index (χ0) is 13.3. The zero-order valence-corrected chi connectivity index (χ0v) is 10.4. The van der Waals surface area contributed by atoms with Crippen molar-refractivity contribution in [2.75, 3.05) is 0 Å². The number of aldehydes is 1.